The van der Waals surface area contributed by atoms with Gasteiger partial charge in [0.15, 0.2) is 0 Å². The molecule has 0 bridgehead atoms. The lowest BCUT2D eigenvalue weighted by atomic mass is 9.86. The van der Waals surface area contributed by atoms with E-state index in [9.17, 15) is 9.59 Å². The third-order valence-corrected chi connectivity index (χ3v) is 6.21. The summed E-state index contributed by atoms with van der Waals surface area (Å²) in [6.07, 6.45) is 9.08. The van der Waals surface area contributed by atoms with Crippen molar-refractivity contribution in [3.8, 4) is 0 Å². The minimum atomic E-state index is -0.0573. The van der Waals surface area contributed by atoms with E-state index in [4.69, 9.17) is 4.74 Å². The topological polar surface area (TPSA) is 58.6 Å². The standard InChI is InChI=1S/C23H34N2O3/c1-28-16-13-24-22(26)20-9-7-18(8-10-20)17-19-11-14-25(15-12-19)23(27)21-5-3-2-4-6-21/h7-10,19,21H,2-6,11-17H2,1H3,(H,24,26). The number of likely N-dealkylation sites (tertiary alicyclic amines) is 1. The number of piperidine rings is 1. The van der Waals surface area contributed by atoms with Crippen molar-refractivity contribution >= 4 is 11.8 Å². The van der Waals surface area contributed by atoms with E-state index in [2.05, 4.69) is 22.3 Å². The fraction of sp³-hybridized carbons (Fsp3) is 0.652. The molecular weight excluding hydrogens is 352 g/mol. The van der Waals surface area contributed by atoms with Crippen LogP contribution in [0.5, 0.6) is 0 Å². The van der Waals surface area contributed by atoms with Crippen LogP contribution in [0.3, 0.4) is 0 Å². The first-order valence-corrected chi connectivity index (χ1v) is 10.8. The lowest BCUT2D eigenvalue weighted by Gasteiger charge is -2.35. The number of carbonyl (C=O) groups is 2. The highest BCUT2D eigenvalue weighted by Crippen LogP contribution is 2.28. The zero-order chi connectivity index (χ0) is 19.8. The summed E-state index contributed by atoms with van der Waals surface area (Å²) in [6, 6.07) is 7.92. The van der Waals surface area contributed by atoms with Gasteiger partial charge in [-0.15, -0.1) is 0 Å². The van der Waals surface area contributed by atoms with Gasteiger partial charge in [-0.25, -0.2) is 0 Å². The highest BCUT2D eigenvalue weighted by Gasteiger charge is 2.29. The third-order valence-electron chi connectivity index (χ3n) is 6.21. The molecule has 1 aliphatic heterocycles. The molecule has 1 saturated heterocycles. The molecule has 154 valence electrons. The summed E-state index contributed by atoms with van der Waals surface area (Å²) in [5, 5.41) is 2.84. The minimum absolute atomic E-state index is 0.0573. The fourth-order valence-corrected chi connectivity index (χ4v) is 4.46. The number of hydrogen-bond acceptors (Lipinski definition) is 3. The Labute approximate surface area is 168 Å². The summed E-state index contributed by atoms with van der Waals surface area (Å²) in [5.41, 5.74) is 1.96. The molecule has 2 aliphatic rings. The van der Waals surface area contributed by atoms with Crippen molar-refractivity contribution in [3.63, 3.8) is 0 Å². The summed E-state index contributed by atoms with van der Waals surface area (Å²) in [5.74, 6) is 1.25. The summed E-state index contributed by atoms with van der Waals surface area (Å²) in [7, 11) is 1.62. The van der Waals surface area contributed by atoms with Gasteiger partial charge in [0.1, 0.15) is 0 Å². The number of hydrogen-bond donors (Lipinski definition) is 1. The quantitative estimate of drug-likeness (QED) is 0.731. The van der Waals surface area contributed by atoms with Gasteiger partial charge < -0.3 is 15.0 Å². The van der Waals surface area contributed by atoms with Gasteiger partial charge in [-0.2, -0.15) is 0 Å². The SMILES string of the molecule is COCCNC(=O)c1ccc(CC2CCN(C(=O)C3CCCCC3)CC2)cc1. The average Bonchev–Trinajstić information content (AvgIpc) is 2.75. The Morgan fingerprint density at radius 2 is 1.71 bits per heavy atom. The van der Waals surface area contributed by atoms with Gasteiger partial charge in [0, 0.05) is 38.2 Å². The molecule has 1 aromatic rings. The van der Waals surface area contributed by atoms with Gasteiger partial charge in [-0.05, 0) is 55.7 Å². The van der Waals surface area contributed by atoms with Gasteiger partial charge in [0.25, 0.3) is 5.91 Å². The Kier molecular flexibility index (Phi) is 7.90. The van der Waals surface area contributed by atoms with Crippen molar-refractivity contribution in [3.05, 3.63) is 35.4 Å². The molecule has 1 saturated carbocycles. The first kappa shape index (κ1) is 20.8. The molecule has 1 aromatic carbocycles. The Morgan fingerprint density at radius 1 is 1.04 bits per heavy atom. The van der Waals surface area contributed by atoms with Crippen molar-refractivity contribution in [2.75, 3.05) is 33.4 Å². The number of nitrogens with one attached hydrogen (secondary N) is 1. The molecule has 5 heteroatoms. The maximum absolute atomic E-state index is 12.7. The van der Waals surface area contributed by atoms with Gasteiger partial charge in [-0.1, -0.05) is 31.4 Å². The average molecular weight is 387 g/mol. The van der Waals surface area contributed by atoms with Crippen LogP contribution in [0, 0.1) is 11.8 Å². The highest BCUT2D eigenvalue weighted by molar-refractivity contribution is 5.94. The lowest BCUT2D eigenvalue weighted by Crippen LogP contribution is -2.42. The molecule has 0 radical (unpaired) electrons. The van der Waals surface area contributed by atoms with Gasteiger partial charge in [0.05, 0.1) is 6.61 Å². The van der Waals surface area contributed by atoms with E-state index in [0.717, 1.165) is 45.2 Å². The van der Waals surface area contributed by atoms with Gasteiger partial charge in [0.2, 0.25) is 5.91 Å². The number of ether oxygens (including phenoxy) is 1. The van der Waals surface area contributed by atoms with Crippen LogP contribution in [-0.4, -0.2) is 50.1 Å². The number of rotatable bonds is 7. The Hall–Kier alpha value is -1.88. The van der Waals surface area contributed by atoms with Crippen molar-refractivity contribution in [2.24, 2.45) is 11.8 Å². The molecule has 2 fully saturated rings. The van der Waals surface area contributed by atoms with E-state index in [1.165, 1.54) is 24.8 Å². The summed E-state index contributed by atoms with van der Waals surface area (Å²) >= 11 is 0. The second kappa shape index (κ2) is 10.6. The number of methoxy groups -OCH3 is 1. The molecule has 1 N–H and O–H groups in total. The molecular formula is C23H34N2O3. The van der Waals surface area contributed by atoms with E-state index in [-0.39, 0.29) is 11.8 Å². The molecule has 1 aliphatic carbocycles. The summed E-state index contributed by atoms with van der Waals surface area (Å²) in [6.45, 7) is 2.85. The molecule has 0 unspecified atom stereocenters. The maximum atomic E-state index is 12.7. The number of carbonyl (C=O) groups excluding carboxylic acids is 2. The van der Waals surface area contributed by atoms with E-state index in [0.29, 0.717) is 30.5 Å². The lowest BCUT2D eigenvalue weighted by molar-refractivity contribution is -0.138. The minimum Gasteiger partial charge on any atom is -0.383 e. The van der Waals surface area contributed by atoms with Crippen LogP contribution in [-0.2, 0) is 16.0 Å². The van der Waals surface area contributed by atoms with E-state index in [1.807, 2.05) is 12.1 Å². The Bertz CT molecular complexity index is 630. The molecule has 0 spiro atoms. The van der Waals surface area contributed by atoms with Crippen molar-refractivity contribution in [1.29, 1.82) is 0 Å². The van der Waals surface area contributed by atoms with Crippen LogP contribution in [0.4, 0.5) is 0 Å². The van der Waals surface area contributed by atoms with Crippen LogP contribution in [0.1, 0.15) is 60.9 Å². The second-order valence-electron chi connectivity index (χ2n) is 8.25. The third kappa shape index (κ3) is 5.81. The normalized spacial score (nSPS) is 18.8. The van der Waals surface area contributed by atoms with E-state index >= 15 is 0 Å². The predicted octanol–water partition coefficient (Wildman–Crippen LogP) is 3.42. The van der Waals surface area contributed by atoms with Crippen LogP contribution in [0.2, 0.25) is 0 Å². The molecule has 3 rings (SSSR count). The molecule has 28 heavy (non-hydrogen) atoms. The van der Waals surface area contributed by atoms with Crippen molar-refractivity contribution in [2.45, 2.75) is 51.4 Å². The highest BCUT2D eigenvalue weighted by atomic mass is 16.5. The molecule has 2 amide bonds. The predicted molar refractivity (Wildman–Crippen MR) is 110 cm³/mol. The van der Waals surface area contributed by atoms with E-state index in [1.54, 1.807) is 7.11 Å². The molecule has 5 nitrogen and oxygen atoms in total. The number of nitrogens with zero attached hydrogens (tertiary/aromatic N) is 1. The first-order valence-electron chi connectivity index (χ1n) is 10.8. The Balaban J connectivity index is 1.43. The maximum Gasteiger partial charge on any atom is 0.251 e. The van der Waals surface area contributed by atoms with Gasteiger partial charge in [-0.3, -0.25) is 9.59 Å². The van der Waals surface area contributed by atoms with Crippen molar-refractivity contribution in [1.82, 2.24) is 10.2 Å². The van der Waals surface area contributed by atoms with Crippen LogP contribution >= 0.6 is 0 Å². The largest absolute Gasteiger partial charge is 0.383 e. The van der Waals surface area contributed by atoms with Crippen molar-refractivity contribution < 1.29 is 14.3 Å². The second-order valence-corrected chi connectivity index (χ2v) is 8.25. The Morgan fingerprint density at radius 3 is 2.36 bits per heavy atom. The zero-order valence-electron chi connectivity index (χ0n) is 17.1. The first-order chi connectivity index (χ1) is 13.7. The number of benzene rings is 1. The molecule has 0 aromatic heterocycles. The molecule has 1 heterocycles. The monoisotopic (exact) mass is 386 g/mol. The van der Waals surface area contributed by atoms with Crippen LogP contribution in [0.25, 0.3) is 0 Å². The summed E-state index contributed by atoms with van der Waals surface area (Å²) < 4.78 is 4.95. The number of amides is 2. The molecule has 0 atom stereocenters. The van der Waals surface area contributed by atoms with Gasteiger partial charge >= 0.3 is 0 Å². The van der Waals surface area contributed by atoms with E-state index < -0.39 is 0 Å². The summed E-state index contributed by atoms with van der Waals surface area (Å²) in [4.78, 5) is 26.9. The smallest absolute Gasteiger partial charge is 0.251 e. The zero-order valence-corrected chi connectivity index (χ0v) is 17.1. The van der Waals surface area contributed by atoms with Crippen LogP contribution in [0.15, 0.2) is 24.3 Å². The van der Waals surface area contributed by atoms with Crippen LogP contribution < -0.4 is 5.32 Å². The fourth-order valence-electron chi connectivity index (χ4n) is 4.46.